The van der Waals surface area contributed by atoms with Crippen LogP contribution < -0.4 is 18.9 Å². The average molecular weight is 569 g/mol. The first-order chi connectivity index (χ1) is 19.1. The Kier molecular flexibility index (Phi) is 9.15. The largest absolute Gasteiger partial charge is 0.502 e. The number of aliphatic hydroxyl groups is 5. The predicted molar refractivity (Wildman–Crippen MR) is 137 cm³/mol. The van der Waals surface area contributed by atoms with E-state index in [9.17, 15) is 35.7 Å². The van der Waals surface area contributed by atoms with E-state index >= 15 is 0 Å². The van der Waals surface area contributed by atoms with E-state index in [-0.39, 0.29) is 47.5 Å². The van der Waals surface area contributed by atoms with Crippen molar-refractivity contribution in [1.29, 1.82) is 0 Å². The molecule has 2 aliphatic rings. The summed E-state index contributed by atoms with van der Waals surface area (Å²) in [5, 5.41) is 73.0. The molecule has 222 valence electrons. The molecule has 1 heterocycles. The highest BCUT2D eigenvalue weighted by Gasteiger charge is 2.49. The van der Waals surface area contributed by atoms with Gasteiger partial charge in [0.2, 0.25) is 11.5 Å². The molecule has 1 saturated heterocycles. The van der Waals surface area contributed by atoms with Gasteiger partial charge in [-0.3, -0.25) is 0 Å². The Morgan fingerprint density at radius 1 is 0.775 bits per heavy atom. The van der Waals surface area contributed by atoms with Crippen LogP contribution in [0.15, 0.2) is 18.2 Å². The Morgan fingerprint density at radius 2 is 1.38 bits per heavy atom. The van der Waals surface area contributed by atoms with Crippen molar-refractivity contribution >= 4 is 0 Å². The van der Waals surface area contributed by atoms with E-state index in [0.29, 0.717) is 16.7 Å². The molecule has 0 aromatic heterocycles. The molecule has 2 aromatic rings. The summed E-state index contributed by atoms with van der Waals surface area (Å²) in [4.78, 5) is 0. The standard InChI is InChI=1S/C27H36O13/c1-35-14-7-12(8-15(36-2)20(14)30)18-19-11(6-16(37-3)22(32)26(19)38-4)5-13(9-28)25(18)40-27-24(34)23(33)21(31)17(10-29)39-27/h6-8,13,17-18,21,23-25,27-34H,5,9-10H2,1-4H3/t13-,17-,18+,21-,23+,24-,25-,27+/m1/s1. The summed E-state index contributed by atoms with van der Waals surface area (Å²) in [6, 6.07) is 4.70. The molecule has 7 N–H and O–H groups in total. The molecule has 0 spiro atoms. The zero-order valence-electron chi connectivity index (χ0n) is 22.6. The van der Waals surface area contributed by atoms with Crippen LogP contribution in [0.5, 0.6) is 34.5 Å². The normalized spacial score (nSPS) is 29.9. The summed E-state index contributed by atoms with van der Waals surface area (Å²) < 4.78 is 33.6. The third-order valence-corrected chi connectivity index (χ3v) is 7.59. The van der Waals surface area contributed by atoms with Crippen molar-refractivity contribution in [3.05, 3.63) is 34.9 Å². The monoisotopic (exact) mass is 568 g/mol. The van der Waals surface area contributed by atoms with Crippen LogP contribution in [0.1, 0.15) is 22.6 Å². The Labute approximate surface area is 230 Å². The molecule has 0 unspecified atom stereocenters. The van der Waals surface area contributed by atoms with Gasteiger partial charge in [0, 0.05) is 24.0 Å². The van der Waals surface area contributed by atoms with Crippen molar-refractivity contribution < 1.29 is 64.2 Å². The smallest absolute Gasteiger partial charge is 0.201 e. The quantitative estimate of drug-likeness (QED) is 0.207. The van der Waals surface area contributed by atoms with Crippen LogP contribution in [0.4, 0.5) is 0 Å². The minimum Gasteiger partial charge on any atom is -0.502 e. The number of hydrogen-bond donors (Lipinski definition) is 7. The molecular formula is C27H36O13. The van der Waals surface area contributed by atoms with Gasteiger partial charge < -0.3 is 64.2 Å². The molecule has 1 aliphatic carbocycles. The summed E-state index contributed by atoms with van der Waals surface area (Å²) in [5.41, 5.74) is 1.59. The number of methoxy groups -OCH3 is 4. The zero-order chi connectivity index (χ0) is 29.3. The number of benzene rings is 2. The van der Waals surface area contributed by atoms with Crippen molar-refractivity contribution in [3.8, 4) is 34.5 Å². The minimum absolute atomic E-state index is 0.0733. The minimum atomic E-state index is -1.70. The SMILES string of the molecule is COc1cc([C@H]2c3c(cc(OC)c(O)c3OC)C[C@H](CO)[C@H]2O[C@@H]2O[C@H](CO)[C@@H](O)[C@H](O)[C@H]2O)cc(OC)c1O. The lowest BCUT2D eigenvalue weighted by molar-refractivity contribution is -0.317. The first-order valence-corrected chi connectivity index (χ1v) is 12.6. The Hall–Kier alpha value is -3.04. The molecule has 0 saturated carbocycles. The van der Waals surface area contributed by atoms with Gasteiger partial charge >= 0.3 is 0 Å². The van der Waals surface area contributed by atoms with Crippen LogP contribution in [-0.4, -0.2) is 114 Å². The molecule has 0 radical (unpaired) electrons. The fourth-order valence-electron chi connectivity index (χ4n) is 5.54. The second kappa shape index (κ2) is 12.2. The Bertz CT molecular complexity index is 1160. The predicted octanol–water partition coefficient (Wildman–Crippen LogP) is -0.386. The maximum atomic E-state index is 11.0. The van der Waals surface area contributed by atoms with E-state index in [2.05, 4.69) is 0 Å². The van der Waals surface area contributed by atoms with Gasteiger partial charge in [-0.05, 0) is 35.7 Å². The van der Waals surface area contributed by atoms with E-state index in [1.54, 1.807) is 6.07 Å². The first kappa shape index (κ1) is 29.9. The van der Waals surface area contributed by atoms with Crippen LogP contribution in [0.2, 0.25) is 0 Å². The third-order valence-electron chi connectivity index (χ3n) is 7.59. The first-order valence-electron chi connectivity index (χ1n) is 12.6. The van der Waals surface area contributed by atoms with Crippen LogP contribution in [0, 0.1) is 5.92 Å². The summed E-state index contributed by atoms with van der Waals surface area (Å²) in [6.45, 7) is -1.03. The number of phenols is 2. The van der Waals surface area contributed by atoms with E-state index in [4.69, 9.17) is 28.4 Å². The lowest BCUT2D eigenvalue weighted by atomic mass is 9.71. The van der Waals surface area contributed by atoms with Gasteiger partial charge in [-0.1, -0.05) is 0 Å². The van der Waals surface area contributed by atoms with Gasteiger partial charge in [-0.15, -0.1) is 0 Å². The van der Waals surface area contributed by atoms with Crippen molar-refractivity contribution in [2.24, 2.45) is 5.92 Å². The van der Waals surface area contributed by atoms with E-state index < -0.39 is 55.3 Å². The summed E-state index contributed by atoms with van der Waals surface area (Å²) >= 11 is 0. The number of aliphatic hydroxyl groups excluding tert-OH is 5. The molecule has 13 heteroatoms. The Balaban J connectivity index is 1.93. The average Bonchev–Trinajstić information content (AvgIpc) is 2.96. The van der Waals surface area contributed by atoms with E-state index in [1.807, 2.05) is 0 Å². The lowest BCUT2D eigenvalue weighted by Crippen LogP contribution is -2.60. The van der Waals surface area contributed by atoms with Crippen molar-refractivity contribution in [1.82, 2.24) is 0 Å². The Morgan fingerprint density at radius 3 is 1.90 bits per heavy atom. The number of hydrogen-bond acceptors (Lipinski definition) is 13. The highest BCUT2D eigenvalue weighted by molar-refractivity contribution is 5.64. The highest BCUT2D eigenvalue weighted by Crippen LogP contribution is 2.53. The van der Waals surface area contributed by atoms with Crippen LogP contribution in [0.3, 0.4) is 0 Å². The summed E-state index contributed by atoms with van der Waals surface area (Å²) in [7, 11) is 5.49. The second-order valence-corrected chi connectivity index (χ2v) is 9.73. The molecule has 40 heavy (non-hydrogen) atoms. The van der Waals surface area contributed by atoms with Gasteiger partial charge in [-0.2, -0.15) is 0 Å². The second-order valence-electron chi connectivity index (χ2n) is 9.73. The van der Waals surface area contributed by atoms with Crippen molar-refractivity contribution in [2.75, 3.05) is 41.7 Å². The molecule has 1 fully saturated rings. The van der Waals surface area contributed by atoms with E-state index in [1.165, 1.54) is 40.6 Å². The van der Waals surface area contributed by atoms with Gasteiger partial charge in [0.15, 0.2) is 29.3 Å². The number of aromatic hydroxyl groups is 2. The molecule has 4 rings (SSSR count). The van der Waals surface area contributed by atoms with Gasteiger partial charge in [0.25, 0.3) is 0 Å². The third kappa shape index (κ3) is 5.09. The molecular weight excluding hydrogens is 532 g/mol. The molecule has 0 bridgehead atoms. The molecule has 8 atom stereocenters. The van der Waals surface area contributed by atoms with Gasteiger partial charge in [0.1, 0.15) is 24.4 Å². The van der Waals surface area contributed by atoms with E-state index in [0.717, 1.165) is 0 Å². The molecule has 2 aromatic carbocycles. The fourth-order valence-corrected chi connectivity index (χ4v) is 5.54. The maximum absolute atomic E-state index is 11.0. The highest BCUT2D eigenvalue weighted by atomic mass is 16.7. The fraction of sp³-hybridized carbons (Fsp3) is 0.556. The number of phenolic OH excluding ortho intramolecular Hbond substituents is 2. The van der Waals surface area contributed by atoms with Crippen molar-refractivity contribution in [3.63, 3.8) is 0 Å². The summed E-state index contributed by atoms with van der Waals surface area (Å²) in [6.07, 6.45) is -8.49. The molecule has 1 aliphatic heterocycles. The van der Waals surface area contributed by atoms with Gasteiger partial charge in [-0.25, -0.2) is 0 Å². The van der Waals surface area contributed by atoms with Crippen LogP contribution in [0.25, 0.3) is 0 Å². The van der Waals surface area contributed by atoms with Gasteiger partial charge in [0.05, 0.1) is 41.2 Å². The van der Waals surface area contributed by atoms with Crippen LogP contribution >= 0.6 is 0 Å². The topological polar surface area (TPSA) is 197 Å². The maximum Gasteiger partial charge on any atom is 0.201 e. The zero-order valence-corrected chi connectivity index (χ0v) is 22.6. The molecule has 0 amide bonds. The van der Waals surface area contributed by atoms with Crippen LogP contribution in [-0.2, 0) is 15.9 Å². The molecule has 13 nitrogen and oxygen atoms in total. The number of rotatable bonds is 9. The lowest BCUT2D eigenvalue weighted by Gasteiger charge is -2.45. The number of fused-ring (bicyclic) bond motifs is 1. The summed E-state index contributed by atoms with van der Waals surface area (Å²) in [5.74, 6) is -1.64. The number of ether oxygens (including phenoxy) is 6. The van der Waals surface area contributed by atoms with Crippen molar-refractivity contribution in [2.45, 2.75) is 49.1 Å².